The van der Waals surface area contributed by atoms with Crippen molar-refractivity contribution in [2.75, 3.05) is 39.5 Å². The molecule has 1 aliphatic heterocycles. The molecule has 1 saturated heterocycles. The fraction of sp³-hybridized carbons (Fsp3) is 0.278. The predicted octanol–water partition coefficient (Wildman–Crippen LogP) is 7.71. The highest BCUT2D eigenvalue weighted by atomic mass is 16.5. The van der Waals surface area contributed by atoms with Gasteiger partial charge in [-0.3, -0.25) is 4.90 Å². The molecule has 39 heavy (non-hydrogen) atoms. The number of morpholine rings is 1. The molecule has 1 fully saturated rings. The Hall–Kier alpha value is -3.66. The molecular formula is C36H41NO2. The molecule has 5 rings (SSSR count). The second kappa shape index (κ2) is 15.7. The second-order valence-corrected chi connectivity index (χ2v) is 9.50. The molecule has 0 aliphatic carbocycles. The molecule has 202 valence electrons. The summed E-state index contributed by atoms with van der Waals surface area (Å²) in [6.07, 6.45) is 1.80. The van der Waals surface area contributed by atoms with Crippen LogP contribution in [0.4, 0.5) is 0 Å². The Kier molecular flexibility index (Phi) is 11.4. The van der Waals surface area contributed by atoms with E-state index < -0.39 is 0 Å². The summed E-state index contributed by atoms with van der Waals surface area (Å²) in [5.74, 6) is 0.914. The third-order valence-electron chi connectivity index (χ3n) is 6.86. The lowest BCUT2D eigenvalue weighted by Crippen LogP contribution is -2.38. The molecule has 0 saturated carbocycles. The number of benzene rings is 4. The Morgan fingerprint density at radius 3 is 1.67 bits per heavy atom. The van der Waals surface area contributed by atoms with Crippen LogP contribution in [-0.4, -0.2) is 44.4 Å². The van der Waals surface area contributed by atoms with E-state index in [-0.39, 0.29) is 0 Å². The molecule has 0 aromatic heterocycles. The first-order chi connectivity index (χ1) is 19.3. The van der Waals surface area contributed by atoms with Crippen LogP contribution in [0.5, 0.6) is 5.75 Å². The lowest BCUT2D eigenvalue weighted by molar-refractivity contribution is 0.0322. The van der Waals surface area contributed by atoms with Crippen molar-refractivity contribution in [1.82, 2.24) is 4.90 Å². The number of allylic oxidation sites excluding steroid dienone is 1. The molecule has 1 aliphatic rings. The zero-order valence-electron chi connectivity index (χ0n) is 23.4. The minimum Gasteiger partial charge on any atom is -0.492 e. The summed E-state index contributed by atoms with van der Waals surface area (Å²) in [6, 6.07) is 41.0. The quantitative estimate of drug-likeness (QED) is 0.214. The van der Waals surface area contributed by atoms with Crippen molar-refractivity contribution in [3.05, 3.63) is 143 Å². The summed E-state index contributed by atoms with van der Waals surface area (Å²) in [5.41, 5.74) is 7.81. The number of hydrogen-bond acceptors (Lipinski definition) is 3. The predicted molar refractivity (Wildman–Crippen MR) is 163 cm³/mol. The summed E-state index contributed by atoms with van der Waals surface area (Å²) < 4.78 is 11.5. The summed E-state index contributed by atoms with van der Waals surface area (Å²) in [7, 11) is 0. The lowest BCUT2D eigenvalue weighted by Gasteiger charge is -2.26. The first kappa shape index (κ1) is 28.4. The molecular weight excluding hydrogens is 478 g/mol. The number of ether oxygens (including phenoxy) is 2. The van der Waals surface area contributed by atoms with Crippen LogP contribution in [-0.2, 0) is 17.6 Å². The van der Waals surface area contributed by atoms with Crippen molar-refractivity contribution in [3.63, 3.8) is 0 Å². The molecule has 4 aromatic carbocycles. The highest BCUT2D eigenvalue weighted by molar-refractivity contribution is 5.83. The van der Waals surface area contributed by atoms with Crippen LogP contribution in [0.3, 0.4) is 0 Å². The molecule has 4 aromatic rings. The first-order valence-electron chi connectivity index (χ1n) is 14.2. The van der Waals surface area contributed by atoms with Crippen molar-refractivity contribution in [1.29, 1.82) is 0 Å². The van der Waals surface area contributed by atoms with Gasteiger partial charge >= 0.3 is 0 Å². The fourth-order valence-corrected chi connectivity index (χ4v) is 4.94. The zero-order chi connectivity index (χ0) is 27.1. The molecule has 0 radical (unpaired) electrons. The molecule has 0 N–H and O–H groups in total. The van der Waals surface area contributed by atoms with Gasteiger partial charge in [-0.05, 0) is 52.8 Å². The summed E-state index contributed by atoms with van der Waals surface area (Å²) in [6.45, 7) is 9.22. The maximum Gasteiger partial charge on any atom is 0.119 e. The molecule has 0 unspecified atom stereocenters. The van der Waals surface area contributed by atoms with Gasteiger partial charge < -0.3 is 9.47 Å². The van der Waals surface area contributed by atoms with E-state index in [0.29, 0.717) is 6.61 Å². The summed E-state index contributed by atoms with van der Waals surface area (Å²) in [4.78, 5) is 2.40. The van der Waals surface area contributed by atoms with Gasteiger partial charge in [0.05, 0.1) is 13.2 Å². The Morgan fingerprint density at radius 2 is 1.13 bits per heavy atom. The van der Waals surface area contributed by atoms with Crippen LogP contribution in [0.15, 0.2) is 121 Å². The van der Waals surface area contributed by atoms with Crippen molar-refractivity contribution < 1.29 is 9.47 Å². The van der Waals surface area contributed by atoms with Crippen molar-refractivity contribution in [3.8, 4) is 5.75 Å². The largest absolute Gasteiger partial charge is 0.492 e. The average molecular weight is 520 g/mol. The third-order valence-corrected chi connectivity index (χ3v) is 6.86. The van der Waals surface area contributed by atoms with Crippen molar-refractivity contribution >= 4 is 5.57 Å². The molecule has 3 nitrogen and oxygen atoms in total. The van der Waals surface area contributed by atoms with E-state index >= 15 is 0 Å². The van der Waals surface area contributed by atoms with Crippen molar-refractivity contribution in [2.24, 2.45) is 0 Å². The highest BCUT2D eigenvalue weighted by Crippen LogP contribution is 2.32. The van der Waals surface area contributed by atoms with Crippen LogP contribution >= 0.6 is 0 Å². The van der Waals surface area contributed by atoms with Crippen LogP contribution < -0.4 is 4.74 Å². The number of hydrogen-bond donors (Lipinski definition) is 0. The highest BCUT2D eigenvalue weighted by Gasteiger charge is 2.15. The number of rotatable bonds is 10. The first-order valence-corrected chi connectivity index (χ1v) is 14.2. The van der Waals surface area contributed by atoms with Crippen LogP contribution in [0.25, 0.3) is 5.57 Å². The third kappa shape index (κ3) is 8.68. The maximum absolute atomic E-state index is 6.10. The van der Waals surface area contributed by atoms with Gasteiger partial charge in [0.2, 0.25) is 0 Å². The molecule has 0 bridgehead atoms. The van der Waals surface area contributed by atoms with E-state index in [1.807, 2.05) is 13.8 Å². The summed E-state index contributed by atoms with van der Waals surface area (Å²) >= 11 is 0. The second-order valence-electron chi connectivity index (χ2n) is 9.50. The minimum absolute atomic E-state index is 0.688. The average Bonchev–Trinajstić information content (AvgIpc) is 3.01. The zero-order valence-corrected chi connectivity index (χ0v) is 23.4. The van der Waals surface area contributed by atoms with E-state index in [1.54, 1.807) is 0 Å². The van der Waals surface area contributed by atoms with Gasteiger partial charge in [-0.25, -0.2) is 0 Å². The SMILES string of the molecule is CC.c1ccc(CC(Cc2ccccc2)=C(c2ccccc2)c2ccc(OCCN3CCOCC3)cc2)cc1. The Morgan fingerprint density at radius 1 is 0.641 bits per heavy atom. The van der Waals surface area contributed by atoms with E-state index in [2.05, 4.69) is 120 Å². The summed E-state index contributed by atoms with van der Waals surface area (Å²) in [5, 5.41) is 0. The topological polar surface area (TPSA) is 21.7 Å². The lowest BCUT2D eigenvalue weighted by atomic mass is 9.87. The van der Waals surface area contributed by atoms with Crippen molar-refractivity contribution in [2.45, 2.75) is 26.7 Å². The van der Waals surface area contributed by atoms with Crippen LogP contribution in [0, 0.1) is 0 Å². The van der Waals surface area contributed by atoms with Gasteiger partial charge in [0.25, 0.3) is 0 Å². The normalized spacial score (nSPS) is 13.2. The molecule has 0 amide bonds. The minimum atomic E-state index is 0.688. The maximum atomic E-state index is 6.10. The van der Waals surface area contributed by atoms with E-state index in [4.69, 9.17) is 9.47 Å². The van der Waals surface area contributed by atoms with Gasteiger partial charge in [-0.15, -0.1) is 0 Å². The van der Waals surface area contributed by atoms with E-state index in [0.717, 1.165) is 51.4 Å². The fourth-order valence-electron chi connectivity index (χ4n) is 4.94. The number of nitrogens with zero attached hydrogens (tertiary/aromatic N) is 1. The van der Waals surface area contributed by atoms with E-state index in [1.165, 1.54) is 33.4 Å². The molecule has 0 spiro atoms. The standard InChI is InChI=1S/C34H35NO2.C2H6/c1-4-10-28(11-5-1)26-32(27-29-12-6-2-7-13-29)34(30-14-8-3-9-15-30)31-16-18-33(19-17-31)37-25-22-35-20-23-36-24-21-35;1-2/h1-19H,20-27H2;1-2H3. The molecule has 0 atom stereocenters. The van der Waals surface area contributed by atoms with Gasteiger partial charge in [0, 0.05) is 19.6 Å². The smallest absolute Gasteiger partial charge is 0.119 e. The van der Waals surface area contributed by atoms with Gasteiger partial charge in [-0.2, -0.15) is 0 Å². The van der Waals surface area contributed by atoms with Gasteiger partial charge in [0.15, 0.2) is 0 Å². The Balaban J connectivity index is 0.00000172. The van der Waals surface area contributed by atoms with Gasteiger partial charge in [-0.1, -0.05) is 123 Å². The molecule has 1 heterocycles. The Bertz CT molecular complexity index is 1200. The molecule has 3 heteroatoms. The van der Waals surface area contributed by atoms with Crippen LogP contribution in [0.1, 0.15) is 36.1 Å². The monoisotopic (exact) mass is 519 g/mol. The van der Waals surface area contributed by atoms with Crippen LogP contribution in [0.2, 0.25) is 0 Å². The Labute approximate surface area is 234 Å². The van der Waals surface area contributed by atoms with Gasteiger partial charge in [0.1, 0.15) is 12.4 Å². The van der Waals surface area contributed by atoms with E-state index in [9.17, 15) is 0 Å².